The molecule has 0 aliphatic carbocycles. The van der Waals surface area contributed by atoms with Crippen molar-refractivity contribution >= 4 is 29.5 Å². The Balaban J connectivity index is 0.00000243. The number of benzene rings is 1. The fourth-order valence-corrected chi connectivity index (χ4v) is 4.85. The van der Waals surface area contributed by atoms with E-state index in [4.69, 9.17) is 5.73 Å². The van der Waals surface area contributed by atoms with Crippen LogP contribution in [0, 0.1) is 0 Å². The molecule has 11 nitrogen and oxygen atoms in total. The van der Waals surface area contributed by atoms with Gasteiger partial charge in [-0.2, -0.15) is 0 Å². The van der Waals surface area contributed by atoms with Crippen molar-refractivity contribution in [3.8, 4) is 5.75 Å². The van der Waals surface area contributed by atoms with E-state index in [2.05, 4.69) is 5.32 Å². The molecule has 2 amide bonds. The number of hydrogen-bond acceptors (Lipinski definition) is 6. The fraction of sp³-hybridized carbons (Fsp3) is 0.438. The van der Waals surface area contributed by atoms with Crippen LogP contribution in [0.5, 0.6) is 5.75 Å². The van der Waals surface area contributed by atoms with Gasteiger partial charge in [0, 0.05) is 4.75 Å². The van der Waals surface area contributed by atoms with E-state index in [-0.39, 0.29) is 22.2 Å². The van der Waals surface area contributed by atoms with Crippen LogP contribution < -0.4 is 11.1 Å². The van der Waals surface area contributed by atoms with Gasteiger partial charge < -0.3 is 42.6 Å². The first kappa shape index (κ1) is 25.6. The first-order valence-corrected chi connectivity index (χ1v) is 8.59. The Hall–Kier alpha value is -2.38. The minimum atomic E-state index is -1.06. The number of amides is 2. The molecule has 0 radical (unpaired) electrons. The molecule has 1 aromatic carbocycles. The molecular formula is C16H25N3O8S. The molecule has 0 saturated carbocycles. The maximum absolute atomic E-state index is 12.3. The van der Waals surface area contributed by atoms with Gasteiger partial charge >= 0.3 is 5.97 Å². The van der Waals surface area contributed by atoms with Crippen LogP contribution in [0.15, 0.2) is 24.3 Å². The number of thioether (sulfide) groups is 1. The number of carboxylic acid groups (broad SMARTS) is 1. The summed E-state index contributed by atoms with van der Waals surface area (Å²) in [5.74, 6) is -1.94. The van der Waals surface area contributed by atoms with Crippen LogP contribution in [-0.4, -0.2) is 71.5 Å². The van der Waals surface area contributed by atoms with Crippen molar-refractivity contribution in [2.45, 2.75) is 42.1 Å². The first-order chi connectivity index (χ1) is 11.6. The summed E-state index contributed by atoms with van der Waals surface area (Å²) in [6.45, 7) is 3.53. The van der Waals surface area contributed by atoms with E-state index in [0.717, 1.165) is 0 Å². The van der Waals surface area contributed by atoms with E-state index in [9.17, 15) is 24.6 Å². The fourth-order valence-electron chi connectivity index (χ4n) is 3.22. The second kappa shape index (κ2) is 8.75. The number of aliphatic carboxylic acids is 1. The topological polar surface area (TPSA) is 227 Å². The van der Waals surface area contributed by atoms with E-state index in [1.165, 1.54) is 40.9 Å². The van der Waals surface area contributed by atoms with Crippen LogP contribution in [0.4, 0.5) is 0 Å². The van der Waals surface area contributed by atoms with Gasteiger partial charge in [-0.15, -0.1) is 11.8 Å². The monoisotopic (exact) mass is 419 g/mol. The molecular weight excluding hydrogens is 394 g/mol. The van der Waals surface area contributed by atoms with E-state index in [0.29, 0.717) is 5.56 Å². The Kier molecular flexibility index (Phi) is 8.01. The zero-order valence-electron chi connectivity index (χ0n) is 15.2. The molecule has 4 atom stereocenters. The second-order valence-corrected chi connectivity index (χ2v) is 8.42. The third-order valence-electron chi connectivity index (χ3n) is 4.51. The lowest BCUT2D eigenvalue weighted by Crippen LogP contribution is -2.71. The highest BCUT2D eigenvalue weighted by atomic mass is 32.2. The first-order valence-electron chi connectivity index (χ1n) is 7.71. The number of hydrogen-bond donors (Lipinski definition) is 4. The SMILES string of the molecule is CC1(C)S[C@@H]2[C@H](NC(=O)C(N)c3ccc(O)cc3)C(=O)N2[C@H]1C(=O)O.O.O.O. The van der Waals surface area contributed by atoms with Gasteiger partial charge in [-0.1, -0.05) is 12.1 Å². The van der Waals surface area contributed by atoms with E-state index >= 15 is 0 Å². The molecule has 3 rings (SSSR count). The molecule has 2 aliphatic heterocycles. The van der Waals surface area contributed by atoms with Crippen LogP contribution in [-0.2, 0) is 14.4 Å². The average molecular weight is 419 g/mol. The maximum atomic E-state index is 12.3. The lowest BCUT2D eigenvalue weighted by molar-refractivity contribution is -0.161. The van der Waals surface area contributed by atoms with Crippen LogP contribution in [0.25, 0.3) is 0 Å². The summed E-state index contributed by atoms with van der Waals surface area (Å²) in [6.07, 6.45) is 0. The molecule has 158 valence electrons. The van der Waals surface area contributed by atoms with E-state index in [1.807, 2.05) is 0 Å². The molecule has 28 heavy (non-hydrogen) atoms. The van der Waals surface area contributed by atoms with Crippen molar-refractivity contribution in [2.24, 2.45) is 5.73 Å². The number of carboxylic acids is 1. The molecule has 0 spiro atoms. The summed E-state index contributed by atoms with van der Waals surface area (Å²) in [5.41, 5.74) is 6.41. The van der Waals surface area contributed by atoms with Gasteiger partial charge in [-0.05, 0) is 31.5 Å². The zero-order valence-corrected chi connectivity index (χ0v) is 16.0. The molecule has 2 saturated heterocycles. The smallest absolute Gasteiger partial charge is 0.327 e. The highest BCUT2D eigenvalue weighted by Gasteiger charge is 2.64. The molecule has 2 fully saturated rings. The lowest BCUT2D eigenvalue weighted by atomic mass is 9.95. The molecule has 11 N–H and O–H groups in total. The van der Waals surface area contributed by atoms with Gasteiger partial charge in [-0.25, -0.2) is 4.79 Å². The largest absolute Gasteiger partial charge is 0.508 e. The predicted molar refractivity (Wildman–Crippen MR) is 102 cm³/mol. The minimum Gasteiger partial charge on any atom is -0.508 e. The predicted octanol–water partition coefficient (Wildman–Crippen LogP) is -2.45. The Morgan fingerprint density at radius 3 is 2.25 bits per heavy atom. The average Bonchev–Trinajstić information content (AvgIpc) is 2.80. The quantitative estimate of drug-likeness (QED) is 0.384. The highest BCUT2D eigenvalue weighted by Crippen LogP contribution is 2.50. The number of carbonyl (C=O) groups is 3. The van der Waals surface area contributed by atoms with Crippen molar-refractivity contribution in [3.63, 3.8) is 0 Å². The summed E-state index contributed by atoms with van der Waals surface area (Å²) >= 11 is 1.35. The van der Waals surface area contributed by atoms with Crippen molar-refractivity contribution in [3.05, 3.63) is 29.8 Å². The standard InChI is InChI=1S/C16H19N3O5S.3H2O/c1-16(2)11(15(23)24)19-13(22)10(14(19)25-16)18-12(21)9(17)7-3-5-8(20)6-4-7;;;/h3-6,9-11,14,20H,17H2,1-2H3,(H,18,21)(H,23,24);3*1H2/t9?,10-,11+,14-;;;/m1.../s1. The number of fused-ring (bicyclic) bond motifs is 1. The Labute approximate surface area is 164 Å². The molecule has 0 aromatic heterocycles. The third kappa shape index (κ3) is 4.05. The van der Waals surface area contributed by atoms with E-state index in [1.54, 1.807) is 13.8 Å². The summed E-state index contributed by atoms with van der Waals surface area (Å²) in [7, 11) is 0. The van der Waals surface area contributed by atoms with E-state index < -0.39 is 46.0 Å². The molecule has 1 unspecified atom stereocenters. The van der Waals surface area contributed by atoms with Gasteiger partial charge in [0.15, 0.2) is 0 Å². The number of nitrogens with zero attached hydrogens (tertiary/aromatic N) is 1. The molecule has 2 aliphatic rings. The minimum absolute atomic E-state index is 0. The Bertz CT molecular complexity index is 742. The second-order valence-electron chi connectivity index (χ2n) is 6.65. The number of rotatable bonds is 4. The number of aromatic hydroxyl groups is 1. The maximum Gasteiger partial charge on any atom is 0.327 e. The molecule has 1 aromatic rings. The van der Waals surface area contributed by atoms with Gasteiger partial charge in [-0.3, -0.25) is 9.59 Å². The number of carbonyl (C=O) groups excluding carboxylic acids is 2. The van der Waals surface area contributed by atoms with Gasteiger partial charge in [0.2, 0.25) is 11.8 Å². The Morgan fingerprint density at radius 2 is 1.75 bits per heavy atom. The van der Waals surface area contributed by atoms with Gasteiger partial charge in [0.1, 0.15) is 29.2 Å². The Morgan fingerprint density at radius 1 is 1.21 bits per heavy atom. The van der Waals surface area contributed by atoms with Gasteiger partial charge in [0.05, 0.1) is 0 Å². The number of β-lactam (4-membered cyclic amide) rings is 1. The number of phenols is 1. The van der Waals surface area contributed by atoms with Crippen molar-refractivity contribution in [1.82, 2.24) is 10.2 Å². The molecule has 12 heteroatoms. The number of nitrogens with two attached hydrogens (primary N) is 1. The van der Waals surface area contributed by atoms with Crippen LogP contribution in [0.1, 0.15) is 25.5 Å². The summed E-state index contributed by atoms with van der Waals surface area (Å²) in [4.78, 5) is 37.5. The van der Waals surface area contributed by atoms with Crippen LogP contribution in [0.3, 0.4) is 0 Å². The summed E-state index contributed by atoms with van der Waals surface area (Å²) in [6, 6.07) is 3.21. The van der Waals surface area contributed by atoms with Crippen molar-refractivity contribution in [2.75, 3.05) is 0 Å². The van der Waals surface area contributed by atoms with Crippen LogP contribution >= 0.6 is 11.8 Å². The van der Waals surface area contributed by atoms with Crippen molar-refractivity contribution in [1.29, 1.82) is 0 Å². The summed E-state index contributed by atoms with van der Waals surface area (Å²) < 4.78 is -0.648. The lowest BCUT2D eigenvalue weighted by Gasteiger charge is -2.43. The summed E-state index contributed by atoms with van der Waals surface area (Å²) in [5, 5.41) is 20.9. The molecule has 2 heterocycles. The zero-order chi connectivity index (χ0) is 18.5. The number of phenolic OH excluding ortho intramolecular Hbond substituents is 1. The molecule has 0 bridgehead atoms. The van der Waals surface area contributed by atoms with Crippen molar-refractivity contribution < 1.29 is 41.0 Å². The van der Waals surface area contributed by atoms with Gasteiger partial charge in [0.25, 0.3) is 0 Å². The van der Waals surface area contributed by atoms with Crippen LogP contribution in [0.2, 0.25) is 0 Å². The highest BCUT2D eigenvalue weighted by molar-refractivity contribution is 8.01. The normalized spacial score (nSPS) is 25.0. The number of nitrogens with one attached hydrogen (secondary N) is 1. The third-order valence-corrected chi connectivity index (χ3v) is 6.08.